The first-order chi connectivity index (χ1) is 9.19. The van der Waals surface area contributed by atoms with E-state index in [1.807, 2.05) is 0 Å². The average Bonchev–Trinajstić information content (AvgIpc) is 3.00. The standard InChI is InChI=1S/C16H23BrN2/c1-19(10-13-8-11-5-6-12(13)7-11)16-4-2-3-15(17)14(16)9-18/h2-4,11-13H,5-10,18H2,1H3. The molecule has 2 aliphatic carbocycles. The summed E-state index contributed by atoms with van der Waals surface area (Å²) in [5.74, 6) is 2.91. The molecule has 1 aromatic rings. The Kier molecular flexibility index (Phi) is 3.86. The van der Waals surface area contributed by atoms with Crippen molar-refractivity contribution in [3.63, 3.8) is 0 Å². The summed E-state index contributed by atoms with van der Waals surface area (Å²) < 4.78 is 1.13. The van der Waals surface area contributed by atoms with Gasteiger partial charge in [0.1, 0.15) is 0 Å². The van der Waals surface area contributed by atoms with E-state index in [4.69, 9.17) is 5.73 Å². The summed E-state index contributed by atoms with van der Waals surface area (Å²) in [6, 6.07) is 6.38. The third-order valence-electron chi connectivity index (χ3n) is 5.10. The van der Waals surface area contributed by atoms with Crippen LogP contribution in [0.5, 0.6) is 0 Å². The van der Waals surface area contributed by atoms with Gasteiger partial charge in [-0.2, -0.15) is 0 Å². The molecule has 0 aromatic heterocycles. The van der Waals surface area contributed by atoms with Gasteiger partial charge in [0.05, 0.1) is 0 Å². The van der Waals surface area contributed by atoms with Gasteiger partial charge in [-0.05, 0) is 49.1 Å². The molecule has 3 unspecified atom stereocenters. The summed E-state index contributed by atoms with van der Waals surface area (Å²) in [5, 5.41) is 0. The highest BCUT2D eigenvalue weighted by Gasteiger charge is 2.39. The molecule has 0 aliphatic heterocycles. The average molecular weight is 323 g/mol. The van der Waals surface area contributed by atoms with Gasteiger partial charge >= 0.3 is 0 Å². The molecule has 3 atom stereocenters. The Bertz CT molecular complexity index is 460. The second-order valence-electron chi connectivity index (χ2n) is 6.26. The van der Waals surface area contributed by atoms with Gasteiger partial charge < -0.3 is 10.6 Å². The zero-order valence-electron chi connectivity index (χ0n) is 11.6. The van der Waals surface area contributed by atoms with Crippen LogP contribution in [0.15, 0.2) is 22.7 Å². The fraction of sp³-hybridized carbons (Fsp3) is 0.625. The van der Waals surface area contributed by atoms with E-state index in [0.29, 0.717) is 6.54 Å². The number of nitrogens with zero attached hydrogens (tertiary/aromatic N) is 1. The smallest absolute Gasteiger partial charge is 0.0420 e. The molecule has 0 spiro atoms. The van der Waals surface area contributed by atoms with Gasteiger partial charge in [-0.15, -0.1) is 0 Å². The molecule has 3 heteroatoms. The Morgan fingerprint density at radius 3 is 2.79 bits per heavy atom. The van der Waals surface area contributed by atoms with Crippen LogP contribution < -0.4 is 10.6 Å². The number of halogens is 1. The number of hydrogen-bond donors (Lipinski definition) is 1. The van der Waals surface area contributed by atoms with Gasteiger partial charge in [0, 0.05) is 35.9 Å². The van der Waals surface area contributed by atoms with Crippen molar-refractivity contribution >= 4 is 21.6 Å². The number of anilines is 1. The summed E-state index contributed by atoms with van der Waals surface area (Å²) >= 11 is 3.61. The highest BCUT2D eigenvalue weighted by atomic mass is 79.9. The Hall–Kier alpha value is -0.540. The van der Waals surface area contributed by atoms with Crippen LogP contribution in [0.4, 0.5) is 5.69 Å². The summed E-state index contributed by atoms with van der Waals surface area (Å²) in [7, 11) is 2.22. The first-order valence-electron chi connectivity index (χ1n) is 7.37. The summed E-state index contributed by atoms with van der Waals surface area (Å²) in [4.78, 5) is 2.42. The van der Waals surface area contributed by atoms with Crippen LogP contribution in [0.3, 0.4) is 0 Å². The van der Waals surface area contributed by atoms with Crippen molar-refractivity contribution in [1.29, 1.82) is 0 Å². The van der Waals surface area contributed by atoms with E-state index in [0.717, 1.165) is 22.2 Å². The summed E-state index contributed by atoms with van der Waals surface area (Å²) in [5.41, 5.74) is 8.42. The zero-order valence-corrected chi connectivity index (χ0v) is 13.2. The molecule has 0 heterocycles. The number of fused-ring (bicyclic) bond motifs is 2. The van der Waals surface area contributed by atoms with Crippen LogP contribution in [-0.2, 0) is 6.54 Å². The molecule has 3 rings (SSSR count). The molecule has 2 nitrogen and oxygen atoms in total. The second-order valence-corrected chi connectivity index (χ2v) is 7.11. The fourth-order valence-corrected chi connectivity index (χ4v) is 4.67. The minimum absolute atomic E-state index is 0.595. The van der Waals surface area contributed by atoms with Gasteiger partial charge in [-0.3, -0.25) is 0 Å². The van der Waals surface area contributed by atoms with E-state index < -0.39 is 0 Å². The van der Waals surface area contributed by atoms with E-state index in [9.17, 15) is 0 Å². The van der Waals surface area contributed by atoms with E-state index >= 15 is 0 Å². The number of rotatable bonds is 4. The molecule has 2 saturated carbocycles. The van der Waals surface area contributed by atoms with Gasteiger partial charge in [0.25, 0.3) is 0 Å². The quantitative estimate of drug-likeness (QED) is 0.914. The maximum absolute atomic E-state index is 5.90. The van der Waals surface area contributed by atoms with Crippen LogP contribution in [-0.4, -0.2) is 13.6 Å². The maximum Gasteiger partial charge on any atom is 0.0420 e. The fourth-order valence-electron chi connectivity index (χ4n) is 4.16. The van der Waals surface area contributed by atoms with Gasteiger partial charge in [-0.25, -0.2) is 0 Å². The molecule has 0 radical (unpaired) electrons. The Balaban J connectivity index is 1.73. The predicted molar refractivity (Wildman–Crippen MR) is 84.2 cm³/mol. The van der Waals surface area contributed by atoms with E-state index in [1.165, 1.54) is 43.5 Å². The molecule has 2 bridgehead atoms. The van der Waals surface area contributed by atoms with Crippen LogP contribution in [0.1, 0.15) is 31.2 Å². The minimum atomic E-state index is 0.595. The molecule has 2 N–H and O–H groups in total. The van der Waals surface area contributed by atoms with Crippen molar-refractivity contribution in [2.75, 3.05) is 18.5 Å². The topological polar surface area (TPSA) is 29.3 Å². The van der Waals surface area contributed by atoms with Gasteiger partial charge in [0.2, 0.25) is 0 Å². The molecule has 2 aliphatic rings. The second kappa shape index (κ2) is 5.45. The molecule has 0 saturated heterocycles. The Morgan fingerprint density at radius 1 is 1.32 bits per heavy atom. The van der Waals surface area contributed by atoms with Crippen LogP contribution in [0.25, 0.3) is 0 Å². The first-order valence-corrected chi connectivity index (χ1v) is 8.17. The molecular weight excluding hydrogens is 300 g/mol. The van der Waals surface area contributed by atoms with Crippen LogP contribution in [0.2, 0.25) is 0 Å². The van der Waals surface area contributed by atoms with Gasteiger partial charge in [-0.1, -0.05) is 28.4 Å². The molecular formula is C16H23BrN2. The molecule has 19 heavy (non-hydrogen) atoms. The molecule has 104 valence electrons. The van der Waals surface area contributed by atoms with Crippen LogP contribution in [0, 0.1) is 17.8 Å². The first kappa shape index (κ1) is 13.4. The predicted octanol–water partition coefficient (Wildman–Crippen LogP) is 3.78. The van der Waals surface area contributed by atoms with Crippen molar-refractivity contribution in [2.24, 2.45) is 23.5 Å². The molecule has 1 aromatic carbocycles. The lowest BCUT2D eigenvalue weighted by Gasteiger charge is -2.30. The normalized spacial score (nSPS) is 28.9. The monoisotopic (exact) mass is 322 g/mol. The largest absolute Gasteiger partial charge is 0.374 e. The van der Waals surface area contributed by atoms with E-state index in [-0.39, 0.29) is 0 Å². The van der Waals surface area contributed by atoms with Crippen molar-refractivity contribution in [1.82, 2.24) is 0 Å². The zero-order chi connectivity index (χ0) is 13.4. The van der Waals surface area contributed by atoms with Crippen molar-refractivity contribution < 1.29 is 0 Å². The van der Waals surface area contributed by atoms with Gasteiger partial charge in [0.15, 0.2) is 0 Å². The number of nitrogens with two attached hydrogens (primary N) is 1. The van der Waals surface area contributed by atoms with Crippen molar-refractivity contribution in [3.05, 3.63) is 28.2 Å². The van der Waals surface area contributed by atoms with Crippen LogP contribution >= 0.6 is 15.9 Å². The Morgan fingerprint density at radius 2 is 2.16 bits per heavy atom. The third kappa shape index (κ3) is 2.55. The maximum atomic E-state index is 5.90. The lowest BCUT2D eigenvalue weighted by Crippen LogP contribution is -2.29. The van der Waals surface area contributed by atoms with Crippen molar-refractivity contribution in [3.8, 4) is 0 Å². The van der Waals surface area contributed by atoms with E-state index in [2.05, 4.69) is 46.1 Å². The third-order valence-corrected chi connectivity index (χ3v) is 5.85. The minimum Gasteiger partial charge on any atom is -0.374 e. The lowest BCUT2D eigenvalue weighted by molar-refractivity contribution is 0.337. The molecule has 2 fully saturated rings. The van der Waals surface area contributed by atoms with Crippen molar-refractivity contribution in [2.45, 2.75) is 32.2 Å². The highest BCUT2D eigenvalue weighted by molar-refractivity contribution is 9.10. The Labute approximate surface area is 124 Å². The number of hydrogen-bond acceptors (Lipinski definition) is 2. The number of benzene rings is 1. The molecule has 0 amide bonds. The van der Waals surface area contributed by atoms with E-state index in [1.54, 1.807) is 0 Å². The summed E-state index contributed by atoms with van der Waals surface area (Å²) in [6.07, 6.45) is 5.88. The summed E-state index contributed by atoms with van der Waals surface area (Å²) in [6.45, 7) is 1.78. The SMILES string of the molecule is CN(CC1CC2CCC1C2)c1cccc(Br)c1CN. The lowest BCUT2D eigenvalue weighted by atomic mass is 9.88. The highest BCUT2D eigenvalue weighted by Crippen LogP contribution is 2.48.